The van der Waals surface area contributed by atoms with E-state index in [0.29, 0.717) is 5.69 Å². The first-order valence-electron chi connectivity index (χ1n) is 8.81. The molecule has 0 aliphatic heterocycles. The summed E-state index contributed by atoms with van der Waals surface area (Å²) < 4.78 is 0. The number of nitro benzene ring substituents is 1. The number of nitro groups is 1. The molecule has 2 N–H and O–H groups in total. The molecule has 0 radical (unpaired) electrons. The molecule has 0 saturated carbocycles. The summed E-state index contributed by atoms with van der Waals surface area (Å²) in [6.45, 7) is 3.23. The number of hydrogen-bond acceptors (Lipinski definition) is 5. The molecule has 3 amide bonds. The zero-order valence-electron chi connectivity index (χ0n) is 16.4. The number of non-ortho nitro benzene ring substituents is 1. The molecule has 9 heteroatoms. The van der Waals surface area contributed by atoms with Crippen LogP contribution < -0.4 is 10.6 Å². The fraction of sp³-hybridized carbons (Fsp3) is 0.250. The number of likely N-dealkylation sites (N-methyl/N-ethyl adjacent to an activating group) is 1. The van der Waals surface area contributed by atoms with Gasteiger partial charge >= 0.3 is 0 Å². The summed E-state index contributed by atoms with van der Waals surface area (Å²) in [5.74, 6) is -1.45. The Bertz CT molecular complexity index is 937. The zero-order chi connectivity index (χ0) is 21.6. The molecule has 2 aromatic carbocycles. The van der Waals surface area contributed by atoms with Gasteiger partial charge in [-0.25, -0.2) is 0 Å². The second kappa shape index (κ2) is 9.45. The maximum Gasteiger partial charge on any atom is 0.270 e. The largest absolute Gasteiger partial charge is 0.343 e. The number of carbonyl (C=O) groups is 3. The highest BCUT2D eigenvalue weighted by atomic mass is 16.6. The predicted octanol–water partition coefficient (Wildman–Crippen LogP) is 2.04. The van der Waals surface area contributed by atoms with Crippen LogP contribution in [0.1, 0.15) is 21.5 Å². The summed E-state index contributed by atoms with van der Waals surface area (Å²) in [6, 6.07) is 10.8. The predicted molar refractivity (Wildman–Crippen MR) is 108 cm³/mol. The van der Waals surface area contributed by atoms with Crippen molar-refractivity contribution in [1.82, 2.24) is 10.2 Å². The van der Waals surface area contributed by atoms with Gasteiger partial charge in [-0.3, -0.25) is 24.5 Å². The van der Waals surface area contributed by atoms with E-state index in [2.05, 4.69) is 10.6 Å². The Labute approximate surface area is 167 Å². The van der Waals surface area contributed by atoms with Crippen molar-refractivity contribution in [3.05, 3.63) is 69.3 Å². The van der Waals surface area contributed by atoms with E-state index in [0.717, 1.165) is 17.2 Å². The smallest absolute Gasteiger partial charge is 0.270 e. The molecule has 29 heavy (non-hydrogen) atoms. The van der Waals surface area contributed by atoms with Crippen LogP contribution in [0.4, 0.5) is 11.4 Å². The van der Waals surface area contributed by atoms with Gasteiger partial charge in [0.15, 0.2) is 0 Å². The quantitative estimate of drug-likeness (QED) is 0.546. The first-order valence-corrected chi connectivity index (χ1v) is 8.81. The monoisotopic (exact) mass is 398 g/mol. The summed E-state index contributed by atoms with van der Waals surface area (Å²) >= 11 is 0. The third-order valence-electron chi connectivity index (χ3n) is 4.27. The average molecular weight is 398 g/mol. The number of para-hydroxylation sites is 1. The van der Waals surface area contributed by atoms with Gasteiger partial charge in [0.25, 0.3) is 11.6 Å². The van der Waals surface area contributed by atoms with E-state index in [1.54, 1.807) is 0 Å². The Morgan fingerprint density at radius 1 is 1.07 bits per heavy atom. The molecule has 0 aromatic heterocycles. The second-order valence-electron chi connectivity index (χ2n) is 6.55. The molecular weight excluding hydrogens is 376 g/mol. The van der Waals surface area contributed by atoms with E-state index in [1.165, 1.54) is 30.1 Å². The lowest BCUT2D eigenvalue weighted by Gasteiger charge is -2.18. The van der Waals surface area contributed by atoms with Crippen molar-refractivity contribution < 1.29 is 19.3 Å². The van der Waals surface area contributed by atoms with Gasteiger partial charge in [0, 0.05) is 30.4 Å². The number of aryl methyl sites for hydroxylation is 2. The van der Waals surface area contributed by atoms with Crippen molar-refractivity contribution >= 4 is 29.1 Å². The average Bonchev–Trinajstić information content (AvgIpc) is 2.68. The molecule has 0 bridgehead atoms. The number of benzene rings is 2. The summed E-state index contributed by atoms with van der Waals surface area (Å²) in [5, 5.41) is 16.0. The van der Waals surface area contributed by atoms with Gasteiger partial charge in [0.2, 0.25) is 11.8 Å². The first-order chi connectivity index (χ1) is 13.7. The molecule has 0 aliphatic carbocycles. The van der Waals surface area contributed by atoms with Crippen molar-refractivity contribution in [2.24, 2.45) is 0 Å². The third kappa shape index (κ3) is 5.86. The van der Waals surface area contributed by atoms with E-state index in [1.807, 2.05) is 32.0 Å². The molecule has 0 saturated heterocycles. The van der Waals surface area contributed by atoms with Crippen LogP contribution >= 0.6 is 0 Å². The number of anilines is 1. The highest BCUT2D eigenvalue weighted by molar-refractivity contribution is 5.98. The number of amides is 3. The number of carbonyl (C=O) groups excluding carboxylic acids is 3. The fourth-order valence-corrected chi connectivity index (χ4v) is 2.65. The third-order valence-corrected chi connectivity index (χ3v) is 4.27. The van der Waals surface area contributed by atoms with Crippen molar-refractivity contribution in [3.63, 3.8) is 0 Å². The maximum absolute atomic E-state index is 12.2. The highest BCUT2D eigenvalue weighted by Gasteiger charge is 2.17. The van der Waals surface area contributed by atoms with Gasteiger partial charge < -0.3 is 15.5 Å². The summed E-state index contributed by atoms with van der Waals surface area (Å²) in [5.41, 5.74) is 2.39. The van der Waals surface area contributed by atoms with Crippen molar-refractivity contribution in [2.45, 2.75) is 13.8 Å². The first kappa shape index (κ1) is 21.5. The standard InChI is InChI=1S/C20H22N4O5/c1-13-6-4-7-14(2)19(13)22-17(25)12-23(3)18(26)11-21-20(27)15-8-5-9-16(10-15)24(28)29/h4-10H,11-12H2,1-3H3,(H,21,27)(H,22,25). The molecule has 0 fully saturated rings. The van der Waals surface area contributed by atoms with Crippen molar-refractivity contribution in [1.29, 1.82) is 0 Å². The normalized spacial score (nSPS) is 10.2. The minimum absolute atomic E-state index is 0.0717. The molecule has 2 aromatic rings. The number of nitrogens with zero attached hydrogens (tertiary/aromatic N) is 2. The Hall–Kier alpha value is -3.75. The van der Waals surface area contributed by atoms with Gasteiger partial charge in [-0.15, -0.1) is 0 Å². The number of nitrogens with one attached hydrogen (secondary N) is 2. The lowest BCUT2D eigenvalue weighted by Crippen LogP contribution is -2.41. The summed E-state index contributed by atoms with van der Waals surface area (Å²) in [4.78, 5) is 47.9. The highest BCUT2D eigenvalue weighted by Crippen LogP contribution is 2.19. The number of hydrogen-bond donors (Lipinski definition) is 2. The van der Waals surface area contributed by atoms with Crippen LogP contribution in [-0.4, -0.2) is 47.7 Å². The second-order valence-corrected chi connectivity index (χ2v) is 6.55. The van der Waals surface area contributed by atoms with Crippen LogP contribution in [-0.2, 0) is 9.59 Å². The SMILES string of the molecule is Cc1cccc(C)c1NC(=O)CN(C)C(=O)CNC(=O)c1cccc([N+](=O)[O-])c1. The van der Waals surface area contributed by atoms with Crippen LogP contribution in [0, 0.1) is 24.0 Å². The molecule has 0 unspecified atom stereocenters. The van der Waals surface area contributed by atoms with Crippen molar-refractivity contribution in [3.8, 4) is 0 Å². The fourth-order valence-electron chi connectivity index (χ4n) is 2.65. The summed E-state index contributed by atoms with van der Waals surface area (Å²) in [7, 11) is 1.45. The van der Waals surface area contributed by atoms with Crippen LogP contribution in [0.25, 0.3) is 0 Å². The van der Waals surface area contributed by atoms with Crippen LogP contribution in [0.3, 0.4) is 0 Å². The lowest BCUT2D eigenvalue weighted by molar-refractivity contribution is -0.384. The van der Waals surface area contributed by atoms with Gasteiger partial charge in [-0.2, -0.15) is 0 Å². The van der Waals surface area contributed by atoms with Crippen LogP contribution in [0.15, 0.2) is 42.5 Å². The van der Waals surface area contributed by atoms with Gasteiger partial charge in [0.05, 0.1) is 18.0 Å². The van der Waals surface area contributed by atoms with E-state index in [9.17, 15) is 24.5 Å². The zero-order valence-corrected chi connectivity index (χ0v) is 16.4. The van der Waals surface area contributed by atoms with E-state index >= 15 is 0 Å². The molecule has 152 valence electrons. The van der Waals surface area contributed by atoms with Crippen molar-refractivity contribution in [2.75, 3.05) is 25.5 Å². The molecule has 2 rings (SSSR count). The minimum atomic E-state index is -0.615. The van der Waals surface area contributed by atoms with Gasteiger partial charge in [0.1, 0.15) is 0 Å². The van der Waals surface area contributed by atoms with E-state index in [-0.39, 0.29) is 30.2 Å². The lowest BCUT2D eigenvalue weighted by atomic mass is 10.1. The van der Waals surface area contributed by atoms with Gasteiger partial charge in [-0.1, -0.05) is 24.3 Å². The van der Waals surface area contributed by atoms with Crippen LogP contribution in [0.5, 0.6) is 0 Å². The molecule has 0 spiro atoms. The van der Waals surface area contributed by atoms with Crippen LogP contribution in [0.2, 0.25) is 0 Å². The van der Waals surface area contributed by atoms with Gasteiger partial charge in [-0.05, 0) is 31.0 Å². The Balaban J connectivity index is 1.88. The summed E-state index contributed by atoms with van der Waals surface area (Å²) in [6.07, 6.45) is 0. The molecular formula is C20H22N4O5. The number of rotatable bonds is 7. The Kier molecular flexibility index (Phi) is 7.02. The van der Waals surface area contributed by atoms with E-state index in [4.69, 9.17) is 0 Å². The Morgan fingerprint density at radius 3 is 2.31 bits per heavy atom. The molecule has 0 atom stereocenters. The maximum atomic E-state index is 12.2. The molecule has 0 aliphatic rings. The minimum Gasteiger partial charge on any atom is -0.343 e. The van der Waals surface area contributed by atoms with E-state index < -0.39 is 16.7 Å². The molecule has 9 nitrogen and oxygen atoms in total. The molecule has 0 heterocycles. The topological polar surface area (TPSA) is 122 Å². The Morgan fingerprint density at radius 2 is 1.69 bits per heavy atom.